The minimum absolute atomic E-state index is 0.183. The number of rotatable bonds is 6. The molecule has 0 fully saturated rings. The van der Waals surface area contributed by atoms with Gasteiger partial charge in [-0.3, -0.25) is 4.79 Å². The van der Waals surface area contributed by atoms with Crippen molar-refractivity contribution in [1.29, 1.82) is 0 Å². The van der Waals surface area contributed by atoms with Gasteiger partial charge in [0.05, 0.1) is 18.7 Å². The number of nitrogens with zero attached hydrogens (tertiary/aromatic N) is 5. The first-order valence-corrected chi connectivity index (χ1v) is 10.7. The van der Waals surface area contributed by atoms with E-state index in [2.05, 4.69) is 30.8 Å². The second kappa shape index (κ2) is 8.79. The molecule has 2 atom stereocenters. The van der Waals surface area contributed by atoms with Gasteiger partial charge in [-0.15, -0.1) is 10.2 Å². The van der Waals surface area contributed by atoms with E-state index in [1.54, 1.807) is 24.4 Å². The number of aliphatic hydroxyl groups excluding tert-OH is 1. The molecule has 1 aliphatic carbocycles. The van der Waals surface area contributed by atoms with Crippen molar-refractivity contribution in [1.82, 2.24) is 30.0 Å². The molecule has 166 valence electrons. The lowest BCUT2D eigenvalue weighted by Crippen LogP contribution is -2.27. The number of hydrogen-bond acceptors (Lipinski definition) is 7. The molecule has 9 heteroatoms. The van der Waals surface area contributed by atoms with Crippen molar-refractivity contribution < 1.29 is 9.90 Å². The van der Waals surface area contributed by atoms with Crippen LogP contribution in [0.4, 0.5) is 5.69 Å². The predicted molar refractivity (Wildman–Crippen MR) is 122 cm³/mol. The highest BCUT2D eigenvalue weighted by atomic mass is 16.3. The third kappa shape index (κ3) is 4.18. The molecule has 2 aromatic carbocycles. The van der Waals surface area contributed by atoms with Crippen LogP contribution in [0.25, 0.3) is 11.5 Å². The second-order valence-electron chi connectivity index (χ2n) is 7.93. The molecular formula is C24H23N7O2. The van der Waals surface area contributed by atoms with Crippen molar-refractivity contribution >= 4 is 11.6 Å². The van der Waals surface area contributed by atoms with Crippen molar-refractivity contribution in [3.8, 4) is 11.5 Å². The summed E-state index contributed by atoms with van der Waals surface area (Å²) in [5.41, 5.74) is 3.88. The smallest absolute Gasteiger partial charge is 0.251 e. The molecule has 1 aliphatic rings. The Hall–Kier alpha value is -4.11. The third-order valence-corrected chi connectivity index (χ3v) is 5.85. The number of fused-ring (bicyclic) bond motifs is 1. The van der Waals surface area contributed by atoms with E-state index in [9.17, 15) is 9.90 Å². The summed E-state index contributed by atoms with van der Waals surface area (Å²) in [4.78, 5) is 21.0. The molecule has 33 heavy (non-hydrogen) atoms. The van der Waals surface area contributed by atoms with E-state index in [-0.39, 0.29) is 11.9 Å². The van der Waals surface area contributed by atoms with E-state index in [0.717, 1.165) is 22.6 Å². The van der Waals surface area contributed by atoms with Crippen LogP contribution >= 0.6 is 0 Å². The number of aliphatic hydroxyl groups is 1. The number of benzene rings is 2. The van der Waals surface area contributed by atoms with Gasteiger partial charge in [-0.05, 0) is 35.4 Å². The molecule has 2 aromatic heterocycles. The zero-order chi connectivity index (χ0) is 22.8. The molecule has 2 unspecified atom stereocenters. The second-order valence-corrected chi connectivity index (χ2v) is 7.93. The summed E-state index contributed by atoms with van der Waals surface area (Å²) >= 11 is 0. The third-order valence-electron chi connectivity index (χ3n) is 5.85. The summed E-state index contributed by atoms with van der Waals surface area (Å²) in [6, 6.07) is 16.5. The van der Waals surface area contributed by atoms with Gasteiger partial charge in [0.25, 0.3) is 5.91 Å². The zero-order valence-corrected chi connectivity index (χ0v) is 18.0. The van der Waals surface area contributed by atoms with Crippen molar-refractivity contribution in [3.63, 3.8) is 0 Å². The first-order valence-electron chi connectivity index (χ1n) is 10.7. The lowest BCUT2D eigenvalue weighted by Gasteiger charge is -2.15. The number of nitrogens with one attached hydrogen (secondary N) is 2. The van der Waals surface area contributed by atoms with E-state index >= 15 is 0 Å². The Bertz CT molecular complexity index is 1290. The molecule has 9 nitrogen and oxygen atoms in total. The largest absolute Gasteiger partial charge is 0.388 e. The number of amides is 1. The summed E-state index contributed by atoms with van der Waals surface area (Å²) < 4.78 is 1.87. The molecule has 0 saturated carbocycles. The summed E-state index contributed by atoms with van der Waals surface area (Å²) in [6.45, 7) is 0.432. The van der Waals surface area contributed by atoms with E-state index in [4.69, 9.17) is 0 Å². The molecule has 0 bridgehead atoms. The average molecular weight is 441 g/mol. The van der Waals surface area contributed by atoms with Gasteiger partial charge in [-0.25, -0.2) is 9.97 Å². The normalized spacial score (nSPS) is 16.9. The summed E-state index contributed by atoms with van der Waals surface area (Å²) in [6.07, 6.45) is 3.06. The van der Waals surface area contributed by atoms with Gasteiger partial charge in [0.15, 0.2) is 11.6 Å². The van der Waals surface area contributed by atoms with Crippen LogP contribution in [-0.2, 0) is 13.6 Å². The molecule has 0 radical (unpaired) electrons. The van der Waals surface area contributed by atoms with Gasteiger partial charge in [-0.1, -0.05) is 30.3 Å². The predicted octanol–water partition coefficient (Wildman–Crippen LogP) is 2.79. The minimum Gasteiger partial charge on any atom is -0.388 e. The lowest BCUT2D eigenvalue weighted by atomic mass is 10.1. The Morgan fingerprint density at radius 1 is 1.12 bits per heavy atom. The quantitative estimate of drug-likeness (QED) is 0.421. The van der Waals surface area contributed by atoms with Crippen molar-refractivity contribution in [2.75, 3.05) is 5.32 Å². The minimum atomic E-state index is -0.557. The molecule has 0 aliphatic heterocycles. The molecule has 5 rings (SSSR count). The maximum Gasteiger partial charge on any atom is 0.251 e. The van der Waals surface area contributed by atoms with Crippen molar-refractivity contribution in [2.45, 2.75) is 25.1 Å². The maximum absolute atomic E-state index is 12.9. The highest BCUT2D eigenvalue weighted by Gasteiger charge is 2.30. The zero-order valence-electron chi connectivity index (χ0n) is 18.0. The fourth-order valence-electron chi connectivity index (χ4n) is 4.10. The van der Waals surface area contributed by atoms with Crippen molar-refractivity contribution in [2.24, 2.45) is 7.05 Å². The first kappa shape index (κ1) is 20.8. The Labute approximate surface area is 190 Å². The molecule has 0 saturated heterocycles. The van der Waals surface area contributed by atoms with Gasteiger partial charge in [0.2, 0.25) is 0 Å². The SMILES string of the molecule is Cn1c(CNc2cccc(C(=O)NC3CC(O)c4ccccc43)c2)nnc1-c1ccncn1. The van der Waals surface area contributed by atoms with Crippen LogP contribution in [0.1, 0.15) is 45.9 Å². The number of hydrogen-bond donors (Lipinski definition) is 3. The van der Waals surface area contributed by atoms with E-state index in [0.29, 0.717) is 30.0 Å². The molecule has 4 aromatic rings. The number of carbonyl (C=O) groups excluding carboxylic acids is 1. The maximum atomic E-state index is 12.9. The highest BCUT2D eigenvalue weighted by Crippen LogP contribution is 2.38. The van der Waals surface area contributed by atoms with Crippen LogP contribution < -0.4 is 10.6 Å². The standard InChI is InChI=1S/C24H23N7O2/c1-31-22(29-30-23(31)19-9-10-25-14-27-19)13-26-16-6-4-5-15(11-16)24(33)28-20-12-21(32)18-8-3-2-7-17(18)20/h2-11,14,20-21,26,32H,12-13H2,1H3,(H,28,33). The van der Waals surface area contributed by atoms with Gasteiger partial charge in [0, 0.05) is 30.9 Å². The van der Waals surface area contributed by atoms with Crippen molar-refractivity contribution in [3.05, 3.63) is 89.6 Å². The Morgan fingerprint density at radius 3 is 2.79 bits per heavy atom. The van der Waals surface area contributed by atoms with Crippen LogP contribution in [0.3, 0.4) is 0 Å². The average Bonchev–Trinajstić information content (AvgIpc) is 3.38. The topological polar surface area (TPSA) is 118 Å². The van der Waals surface area contributed by atoms with E-state index in [1.165, 1.54) is 6.33 Å². The summed E-state index contributed by atoms with van der Waals surface area (Å²) in [5.74, 6) is 1.20. The fourth-order valence-corrected chi connectivity index (χ4v) is 4.10. The Morgan fingerprint density at radius 2 is 1.97 bits per heavy atom. The first-order chi connectivity index (χ1) is 16.1. The lowest BCUT2D eigenvalue weighted by molar-refractivity contribution is 0.0924. The van der Waals surface area contributed by atoms with Gasteiger partial charge < -0.3 is 20.3 Å². The number of carbonyl (C=O) groups is 1. The Kier molecular flexibility index (Phi) is 5.54. The summed E-state index contributed by atoms with van der Waals surface area (Å²) in [7, 11) is 1.88. The highest BCUT2D eigenvalue weighted by molar-refractivity contribution is 5.95. The molecule has 0 spiro atoms. The van der Waals surface area contributed by atoms with E-state index < -0.39 is 6.10 Å². The molecule has 3 N–H and O–H groups in total. The van der Waals surface area contributed by atoms with Crippen LogP contribution in [0.2, 0.25) is 0 Å². The van der Waals surface area contributed by atoms with Gasteiger partial charge in [-0.2, -0.15) is 0 Å². The summed E-state index contributed by atoms with van der Waals surface area (Å²) in [5, 5.41) is 25.1. The van der Waals surface area contributed by atoms with Gasteiger partial charge in [0.1, 0.15) is 12.0 Å². The fraction of sp³-hybridized carbons (Fsp3) is 0.208. The Balaban J connectivity index is 1.26. The van der Waals surface area contributed by atoms with Crippen LogP contribution in [-0.4, -0.2) is 35.7 Å². The van der Waals surface area contributed by atoms with E-state index in [1.807, 2.05) is 48.0 Å². The molecule has 2 heterocycles. The molecule has 1 amide bonds. The monoisotopic (exact) mass is 441 g/mol. The van der Waals surface area contributed by atoms with Gasteiger partial charge >= 0.3 is 0 Å². The van der Waals surface area contributed by atoms with Crippen LogP contribution in [0.15, 0.2) is 67.1 Å². The number of anilines is 1. The van der Waals surface area contributed by atoms with Crippen LogP contribution in [0, 0.1) is 0 Å². The molecular weight excluding hydrogens is 418 g/mol. The van der Waals surface area contributed by atoms with Crippen LogP contribution in [0.5, 0.6) is 0 Å². The number of aromatic nitrogens is 5.